The highest BCUT2D eigenvalue weighted by Gasteiger charge is 2.07. The van der Waals surface area contributed by atoms with Crippen LogP contribution in [0.15, 0.2) is 18.2 Å². The lowest BCUT2D eigenvalue weighted by Crippen LogP contribution is -2.12. The number of benzene rings is 1. The average molecular weight is 236 g/mol. The second-order valence-corrected chi connectivity index (χ2v) is 3.47. The quantitative estimate of drug-likeness (QED) is 0.742. The van der Waals surface area contributed by atoms with E-state index < -0.39 is 0 Å². The highest BCUT2D eigenvalue weighted by Crippen LogP contribution is 2.26. The lowest BCUT2D eigenvalue weighted by molar-refractivity contribution is -0.116. The molecule has 2 N–H and O–H groups in total. The number of ether oxygens (including phenoxy) is 1. The third-order valence-electron chi connectivity index (χ3n) is 2.19. The molecule has 92 valence electrons. The van der Waals surface area contributed by atoms with Gasteiger partial charge in [0.2, 0.25) is 12.3 Å². The molecule has 0 saturated carbocycles. The molecule has 0 saturated heterocycles. The van der Waals surface area contributed by atoms with E-state index in [1.165, 1.54) is 7.11 Å². The number of hydrogen-bond acceptors (Lipinski definition) is 3. The van der Waals surface area contributed by atoms with Gasteiger partial charge in [-0.25, -0.2) is 0 Å². The minimum Gasteiger partial charge on any atom is -0.497 e. The summed E-state index contributed by atoms with van der Waals surface area (Å²) in [6, 6.07) is 5.06. The molecule has 0 unspecified atom stereocenters. The van der Waals surface area contributed by atoms with Crippen molar-refractivity contribution >= 4 is 23.7 Å². The van der Waals surface area contributed by atoms with Crippen LogP contribution < -0.4 is 15.4 Å². The smallest absolute Gasteiger partial charge is 0.224 e. The minimum atomic E-state index is -0.0772. The van der Waals surface area contributed by atoms with Crippen molar-refractivity contribution in [1.29, 1.82) is 0 Å². The fraction of sp³-hybridized carbons (Fsp3) is 0.333. The fourth-order valence-corrected chi connectivity index (χ4v) is 1.38. The van der Waals surface area contributed by atoms with E-state index in [2.05, 4.69) is 10.6 Å². The SMILES string of the molecule is CCCC(=O)Nc1ccc(OC)cc1NC=O. The van der Waals surface area contributed by atoms with E-state index in [9.17, 15) is 9.59 Å². The Bertz CT molecular complexity index is 405. The number of nitrogens with one attached hydrogen (secondary N) is 2. The Labute approximate surface area is 100 Å². The Hall–Kier alpha value is -2.04. The molecular weight excluding hydrogens is 220 g/mol. The van der Waals surface area contributed by atoms with Gasteiger partial charge in [0.05, 0.1) is 18.5 Å². The molecule has 0 aromatic heterocycles. The zero-order valence-corrected chi connectivity index (χ0v) is 9.95. The molecule has 17 heavy (non-hydrogen) atoms. The molecule has 0 aliphatic carbocycles. The average Bonchev–Trinajstić information content (AvgIpc) is 2.32. The van der Waals surface area contributed by atoms with Crippen LogP contribution in [0.1, 0.15) is 19.8 Å². The molecule has 1 aromatic carbocycles. The largest absolute Gasteiger partial charge is 0.497 e. The van der Waals surface area contributed by atoms with Gasteiger partial charge in [0.15, 0.2) is 0 Å². The van der Waals surface area contributed by atoms with Crippen molar-refractivity contribution < 1.29 is 14.3 Å². The van der Waals surface area contributed by atoms with Gasteiger partial charge in [0, 0.05) is 12.5 Å². The summed E-state index contributed by atoms with van der Waals surface area (Å²) < 4.78 is 5.04. The number of carbonyl (C=O) groups excluding carboxylic acids is 2. The highest BCUT2D eigenvalue weighted by atomic mass is 16.5. The molecule has 0 heterocycles. The van der Waals surface area contributed by atoms with Gasteiger partial charge in [-0.15, -0.1) is 0 Å². The van der Waals surface area contributed by atoms with Crippen LogP contribution in [0.2, 0.25) is 0 Å². The molecule has 0 atom stereocenters. The van der Waals surface area contributed by atoms with Crippen molar-refractivity contribution in [3.8, 4) is 5.75 Å². The number of rotatable bonds is 6. The normalized spacial score (nSPS) is 9.53. The van der Waals surface area contributed by atoms with Crippen LogP contribution in [0.3, 0.4) is 0 Å². The molecule has 1 aromatic rings. The highest BCUT2D eigenvalue weighted by molar-refractivity contribution is 5.96. The van der Waals surface area contributed by atoms with Crippen LogP contribution in [0.25, 0.3) is 0 Å². The van der Waals surface area contributed by atoms with Crippen LogP contribution >= 0.6 is 0 Å². The molecule has 2 amide bonds. The summed E-state index contributed by atoms with van der Waals surface area (Å²) in [6.45, 7) is 1.93. The van der Waals surface area contributed by atoms with Crippen molar-refractivity contribution in [2.45, 2.75) is 19.8 Å². The number of methoxy groups -OCH3 is 1. The monoisotopic (exact) mass is 236 g/mol. The summed E-state index contributed by atoms with van der Waals surface area (Å²) in [7, 11) is 1.54. The Balaban J connectivity index is 2.89. The standard InChI is InChI=1S/C12H16N2O3/c1-3-4-12(16)14-10-6-5-9(17-2)7-11(10)13-8-15/h5-8H,3-4H2,1-2H3,(H,13,15)(H,14,16). The lowest BCUT2D eigenvalue weighted by atomic mass is 10.2. The van der Waals surface area contributed by atoms with Gasteiger partial charge >= 0.3 is 0 Å². The molecule has 0 spiro atoms. The molecule has 0 fully saturated rings. The van der Waals surface area contributed by atoms with Crippen LogP contribution in [0.5, 0.6) is 5.75 Å². The Kier molecular flexibility index (Phi) is 5.00. The number of anilines is 2. The van der Waals surface area contributed by atoms with Crippen LogP contribution in [0.4, 0.5) is 11.4 Å². The van der Waals surface area contributed by atoms with Gasteiger partial charge in [-0.1, -0.05) is 6.92 Å². The predicted octanol–water partition coefficient (Wildman–Crippen LogP) is 2.00. The summed E-state index contributed by atoms with van der Waals surface area (Å²) >= 11 is 0. The van der Waals surface area contributed by atoms with Gasteiger partial charge in [-0.2, -0.15) is 0 Å². The Morgan fingerprint density at radius 1 is 1.41 bits per heavy atom. The first-order chi connectivity index (χ1) is 8.21. The van der Waals surface area contributed by atoms with Gasteiger partial charge < -0.3 is 15.4 Å². The predicted molar refractivity (Wildman–Crippen MR) is 66.2 cm³/mol. The van der Waals surface area contributed by atoms with E-state index >= 15 is 0 Å². The summed E-state index contributed by atoms with van der Waals surface area (Å²) in [4.78, 5) is 21.9. The Morgan fingerprint density at radius 2 is 2.18 bits per heavy atom. The topological polar surface area (TPSA) is 67.4 Å². The van der Waals surface area contributed by atoms with Gasteiger partial charge in [0.1, 0.15) is 5.75 Å². The molecule has 0 aliphatic heterocycles. The zero-order chi connectivity index (χ0) is 12.7. The van der Waals surface area contributed by atoms with Crippen molar-refractivity contribution in [2.24, 2.45) is 0 Å². The maximum absolute atomic E-state index is 11.5. The molecule has 5 heteroatoms. The molecule has 5 nitrogen and oxygen atoms in total. The van der Waals surface area contributed by atoms with E-state index in [4.69, 9.17) is 4.74 Å². The molecule has 0 radical (unpaired) electrons. The minimum absolute atomic E-state index is 0.0772. The van der Waals surface area contributed by atoms with E-state index in [0.29, 0.717) is 30.0 Å². The summed E-state index contributed by atoms with van der Waals surface area (Å²) in [6.07, 6.45) is 1.79. The summed E-state index contributed by atoms with van der Waals surface area (Å²) in [5, 5.41) is 5.25. The van der Waals surface area contributed by atoms with E-state index in [1.807, 2.05) is 6.92 Å². The first kappa shape index (κ1) is 13.0. The lowest BCUT2D eigenvalue weighted by Gasteiger charge is -2.11. The third kappa shape index (κ3) is 3.79. The van der Waals surface area contributed by atoms with E-state index in [-0.39, 0.29) is 5.91 Å². The van der Waals surface area contributed by atoms with Gasteiger partial charge in [-0.3, -0.25) is 9.59 Å². The number of amides is 2. The van der Waals surface area contributed by atoms with Crippen molar-refractivity contribution in [3.05, 3.63) is 18.2 Å². The maximum Gasteiger partial charge on any atom is 0.224 e. The van der Waals surface area contributed by atoms with Crippen LogP contribution in [-0.2, 0) is 9.59 Å². The van der Waals surface area contributed by atoms with Crippen molar-refractivity contribution in [3.63, 3.8) is 0 Å². The van der Waals surface area contributed by atoms with Gasteiger partial charge in [-0.05, 0) is 18.6 Å². The molecule has 1 rings (SSSR count). The summed E-state index contributed by atoms with van der Waals surface area (Å²) in [5.41, 5.74) is 1.08. The molecule has 0 bridgehead atoms. The van der Waals surface area contributed by atoms with Crippen molar-refractivity contribution in [2.75, 3.05) is 17.7 Å². The van der Waals surface area contributed by atoms with E-state index in [0.717, 1.165) is 6.42 Å². The second-order valence-electron chi connectivity index (χ2n) is 3.47. The zero-order valence-electron chi connectivity index (χ0n) is 9.95. The van der Waals surface area contributed by atoms with Crippen LogP contribution in [0, 0.1) is 0 Å². The number of carbonyl (C=O) groups is 2. The molecular formula is C12H16N2O3. The first-order valence-electron chi connectivity index (χ1n) is 5.39. The van der Waals surface area contributed by atoms with Crippen LogP contribution in [-0.4, -0.2) is 19.4 Å². The number of hydrogen-bond donors (Lipinski definition) is 2. The first-order valence-corrected chi connectivity index (χ1v) is 5.39. The second kappa shape index (κ2) is 6.52. The van der Waals surface area contributed by atoms with Gasteiger partial charge in [0.25, 0.3) is 0 Å². The summed E-state index contributed by atoms with van der Waals surface area (Å²) in [5.74, 6) is 0.537. The Morgan fingerprint density at radius 3 is 2.76 bits per heavy atom. The maximum atomic E-state index is 11.5. The van der Waals surface area contributed by atoms with Crippen molar-refractivity contribution in [1.82, 2.24) is 0 Å². The fourth-order valence-electron chi connectivity index (χ4n) is 1.38. The molecule has 0 aliphatic rings. The third-order valence-corrected chi connectivity index (χ3v) is 2.19. The van der Waals surface area contributed by atoms with E-state index in [1.54, 1.807) is 18.2 Å².